The van der Waals surface area contributed by atoms with Crippen molar-refractivity contribution in [3.8, 4) is 0 Å². The lowest BCUT2D eigenvalue weighted by molar-refractivity contribution is 0.334. The summed E-state index contributed by atoms with van der Waals surface area (Å²) in [6.07, 6.45) is 2.11. The van der Waals surface area contributed by atoms with E-state index < -0.39 is 8.69 Å². The second-order valence-corrected chi connectivity index (χ2v) is 4.53. The molecule has 1 aromatic carbocycles. The topological polar surface area (TPSA) is 26.3 Å². The normalized spacial score (nSPS) is 11.1. The summed E-state index contributed by atoms with van der Waals surface area (Å²) in [7, 11) is -1.02. The molecule has 0 N–H and O–H groups in total. The van der Waals surface area contributed by atoms with Gasteiger partial charge in [0.05, 0.1) is 6.61 Å². The smallest absolute Gasteiger partial charge is 0.179 e. The van der Waals surface area contributed by atoms with Crippen molar-refractivity contribution in [3.05, 3.63) is 30.3 Å². The lowest BCUT2D eigenvalue weighted by Gasteiger charge is -2.00. The standard InChI is InChI=1S/C10H15O2PS/c11-13-12-8-4-5-9-14-10-6-2-1-3-7-10/h1-3,6-7H,4-5,8-9,13H2. The fourth-order valence-corrected chi connectivity index (χ4v) is 2.24. The Labute approximate surface area is 90.3 Å². The van der Waals surface area contributed by atoms with E-state index in [0.29, 0.717) is 6.61 Å². The van der Waals surface area contributed by atoms with Crippen LogP contribution in [0.25, 0.3) is 0 Å². The molecular weight excluding hydrogens is 215 g/mol. The molecule has 1 rings (SSSR count). The van der Waals surface area contributed by atoms with Crippen LogP contribution in [0.15, 0.2) is 35.2 Å². The van der Waals surface area contributed by atoms with Crippen LogP contribution in [0.3, 0.4) is 0 Å². The molecule has 0 spiro atoms. The van der Waals surface area contributed by atoms with Crippen molar-refractivity contribution in [2.75, 3.05) is 12.4 Å². The third-order valence-corrected chi connectivity index (χ3v) is 3.21. The molecule has 0 aromatic heterocycles. The lowest BCUT2D eigenvalue weighted by atomic mass is 10.4. The Morgan fingerprint density at radius 1 is 1.21 bits per heavy atom. The van der Waals surface area contributed by atoms with Gasteiger partial charge in [0.15, 0.2) is 8.69 Å². The minimum atomic E-state index is -1.02. The highest BCUT2D eigenvalue weighted by molar-refractivity contribution is 7.99. The maximum atomic E-state index is 10.0. The number of hydrogen-bond donors (Lipinski definition) is 0. The zero-order valence-electron chi connectivity index (χ0n) is 8.02. The van der Waals surface area contributed by atoms with Gasteiger partial charge in [0, 0.05) is 4.90 Å². The van der Waals surface area contributed by atoms with Gasteiger partial charge in [-0.15, -0.1) is 11.8 Å². The molecule has 14 heavy (non-hydrogen) atoms. The Morgan fingerprint density at radius 3 is 2.71 bits per heavy atom. The summed E-state index contributed by atoms with van der Waals surface area (Å²) in [4.78, 5) is 1.31. The molecule has 0 aliphatic rings. The molecule has 0 fully saturated rings. The molecule has 0 bridgehead atoms. The van der Waals surface area contributed by atoms with Gasteiger partial charge >= 0.3 is 0 Å². The van der Waals surface area contributed by atoms with Gasteiger partial charge in [0.25, 0.3) is 0 Å². The summed E-state index contributed by atoms with van der Waals surface area (Å²) in [5.41, 5.74) is 0. The Kier molecular flexibility index (Phi) is 6.85. The van der Waals surface area contributed by atoms with E-state index in [4.69, 9.17) is 4.52 Å². The first-order valence-electron chi connectivity index (χ1n) is 4.66. The molecule has 78 valence electrons. The summed E-state index contributed by atoms with van der Waals surface area (Å²) in [5, 5.41) is 0. The molecule has 0 saturated heterocycles. The van der Waals surface area contributed by atoms with Gasteiger partial charge in [0.1, 0.15) is 0 Å². The van der Waals surface area contributed by atoms with Crippen LogP contribution in [0.4, 0.5) is 0 Å². The van der Waals surface area contributed by atoms with Crippen molar-refractivity contribution in [2.45, 2.75) is 17.7 Å². The van der Waals surface area contributed by atoms with Gasteiger partial charge in [-0.25, -0.2) is 0 Å². The average molecular weight is 230 g/mol. The Bertz CT molecular complexity index is 254. The van der Waals surface area contributed by atoms with Crippen molar-refractivity contribution in [2.24, 2.45) is 0 Å². The van der Waals surface area contributed by atoms with Crippen LogP contribution in [0.5, 0.6) is 0 Å². The first kappa shape index (κ1) is 11.8. The summed E-state index contributed by atoms with van der Waals surface area (Å²) in [6, 6.07) is 10.3. The third kappa shape index (κ3) is 5.48. The van der Waals surface area contributed by atoms with Gasteiger partial charge < -0.3 is 4.52 Å². The highest BCUT2D eigenvalue weighted by atomic mass is 32.2. The van der Waals surface area contributed by atoms with Crippen LogP contribution in [0.1, 0.15) is 12.8 Å². The Balaban J connectivity index is 2.02. The molecule has 4 heteroatoms. The fraction of sp³-hybridized carbons (Fsp3) is 0.400. The van der Waals surface area contributed by atoms with Gasteiger partial charge in [0.2, 0.25) is 0 Å². The number of thioether (sulfide) groups is 1. The number of benzene rings is 1. The molecule has 0 amide bonds. The zero-order chi connectivity index (χ0) is 10.1. The quantitative estimate of drug-likeness (QED) is 0.408. The minimum absolute atomic E-state index is 0.633. The van der Waals surface area contributed by atoms with E-state index in [9.17, 15) is 4.57 Å². The predicted octanol–water partition coefficient (Wildman–Crippen LogP) is 3.25. The van der Waals surface area contributed by atoms with Crippen molar-refractivity contribution in [1.29, 1.82) is 0 Å². The fourth-order valence-electron chi connectivity index (χ4n) is 1.04. The summed E-state index contributed by atoms with van der Waals surface area (Å²) in [5.74, 6) is 1.10. The molecule has 0 aliphatic carbocycles. The highest BCUT2D eigenvalue weighted by Gasteiger charge is 1.92. The maximum absolute atomic E-state index is 10.0. The van der Waals surface area contributed by atoms with E-state index in [0.717, 1.165) is 18.6 Å². The number of unbranched alkanes of at least 4 members (excludes halogenated alkanes) is 1. The van der Waals surface area contributed by atoms with E-state index in [2.05, 4.69) is 12.1 Å². The van der Waals surface area contributed by atoms with E-state index in [1.807, 2.05) is 30.0 Å². The number of hydrogen-bond acceptors (Lipinski definition) is 3. The van der Waals surface area contributed by atoms with Gasteiger partial charge in [-0.2, -0.15) is 0 Å². The lowest BCUT2D eigenvalue weighted by Crippen LogP contribution is -1.86. The van der Waals surface area contributed by atoms with Crippen LogP contribution < -0.4 is 0 Å². The summed E-state index contributed by atoms with van der Waals surface area (Å²) < 4.78 is 14.8. The van der Waals surface area contributed by atoms with E-state index >= 15 is 0 Å². The van der Waals surface area contributed by atoms with Crippen LogP contribution >= 0.6 is 20.4 Å². The molecule has 1 unspecified atom stereocenters. The Morgan fingerprint density at radius 2 is 2.00 bits per heavy atom. The molecule has 0 radical (unpaired) electrons. The first-order valence-corrected chi connectivity index (χ1v) is 6.59. The van der Waals surface area contributed by atoms with Gasteiger partial charge in [-0.1, -0.05) is 18.2 Å². The third-order valence-electron chi connectivity index (χ3n) is 1.74. The SMILES string of the molecule is O=[PH2]OCCCCSc1ccccc1. The van der Waals surface area contributed by atoms with Crippen molar-refractivity contribution in [3.63, 3.8) is 0 Å². The van der Waals surface area contributed by atoms with Crippen molar-refractivity contribution >= 4 is 20.4 Å². The highest BCUT2D eigenvalue weighted by Crippen LogP contribution is 2.18. The second-order valence-electron chi connectivity index (χ2n) is 2.84. The molecule has 2 nitrogen and oxygen atoms in total. The second kappa shape index (κ2) is 8.10. The van der Waals surface area contributed by atoms with Crippen LogP contribution in [-0.4, -0.2) is 12.4 Å². The molecule has 0 aliphatic heterocycles. The largest absolute Gasteiger partial charge is 0.332 e. The van der Waals surface area contributed by atoms with Crippen LogP contribution in [-0.2, 0) is 9.09 Å². The number of rotatable bonds is 7. The molecule has 0 heterocycles. The summed E-state index contributed by atoms with van der Waals surface area (Å²) >= 11 is 1.85. The van der Waals surface area contributed by atoms with Crippen molar-refractivity contribution < 1.29 is 9.09 Å². The Hall–Kier alpha value is -0.240. The van der Waals surface area contributed by atoms with Gasteiger partial charge in [-0.3, -0.25) is 4.57 Å². The van der Waals surface area contributed by atoms with E-state index in [1.54, 1.807) is 0 Å². The predicted molar refractivity (Wildman–Crippen MR) is 62.7 cm³/mol. The molecular formula is C10H15O2PS. The van der Waals surface area contributed by atoms with Gasteiger partial charge in [-0.05, 0) is 30.7 Å². The van der Waals surface area contributed by atoms with E-state index in [-0.39, 0.29) is 0 Å². The van der Waals surface area contributed by atoms with Crippen molar-refractivity contribution in [1.82, 2.24) is 0 Å². The van der Waals surface area contributed by atoms with Crippen LogP contribution in [0, 0.1) is 0 Å². The molecule has 1 aromatic rings. The maximum Gasteiger partial charge on any atom is 0.179 e. The average Bonchev–Trinajstić information content (AvgIpc) is 2.25. The zero-order valence-corrected chi connectivity index (χ0v) is 9.99. The first-order chi connectivity index (χ1) is 6.93. The van der Waals surface area contributed by atoms with E-state index in [1.165, 1.54) is 4.90 Å². The summed E-state index contributed by atoms with van der Waals surface area (Å²) in [6.45, 7) is 0.633. The monoisotopic (exact) mass is 230 g/mol. The molecule has 1 atom stereocenters. The minimum Gasteiger partial charge on any atom is -0.332 e. The van der Waals surface area contributed by atoms with Crippen LogP contribution in [0.2, 0.25) is 0 Å². The molecule has 0 saturated carbocycles.